The van der Waals surface area contributed by atoms with Crippen LogP contribution in [-0.2, 0) is 9.53 Å². The fourth-order valence-corrected chi connectivity index (χ4v) is 4.18. The van der Waals surface area contributed by atoms with Crippen molar-refractivity contribution in [3.63, 3.8) is 0 Å². The van der Waals surface area contributed by atoms with E-state index in [4.69, 9.17) is 4.74 Å². The number of carbonyl (C=O) groups excluding carboxylic acids is 1. The Morgan fingerprint density at radius 3 is 2.67 bits per heavy atom. The van der Waals surface area contributed by atoms with Crippen LogP contribution in [0.4, 0.5) is 0 Å². The van der Waals surface area contributed by atoms with Crippen LogP contribution in [0, 0.1) is 5.92 Å². The summed E-state index contributed by atoms with van der Waals surface area (Å²) in [5, 5.41) is 10.3. The Balaban J connectivity index is 2.12. The van der Waals surface area contributed by atoms with Gasteiger partial charge in [0.25, 0.3) is 0 Å². The normalized spacial score (nSPS) is 32.0. The minimum absolute atomic E-state index is 0.0706. The van der Waals surface area contributed by atoms with Crippen LogP contribution in [0.3, 0.4) is 0 Å². The van der Waals surface area contributed by atoms with E-state index in [2.05, 4.69) is 11.8 Å². The predicted octanol–water partition coefficient (Wildman–Crippen LogP) is 2.73. The van der Waals surface area contributed by atoms with Crippen LogP contribution in [-0.4, -0.2) is 47.3 Å². The van der Waals surface area contributed by atoms with Gasteiger partial charge >= 0.3 is 5.97 Å². The molecule has 1 N–H and O–H groups in total. The molecule has 0 aromatic heterocycles. The summed E-state index contributed by atoms with van der Waals surface area (Å²) in [6, 6.07) is 0.241. The number of aliphatic hydroxyl groups is 1. The zero-order valence-corrected chi connectivity index (χ0v) is 13.6. The zero-order valence-electron chi connectivity index (χ0n) is 13.6. The van der Waals surface area contributed by atoms with Gasteiger partial charge in [0, 0.05) is 12.0 Å². The van der Waals surface area contributed by atoms with Crippen LogP contribution >= 0.6 is 0 Å². The average Bonchev–Trinajstić information content (AvgIpc) is 2.91. The molecule has 0 amide bonds. The minimum Gasteiger partial charge on any atom is -0.465 e. The van der Waals surface area contributed by atoms with E-state index < -0.39 is 0 Å². The third-order valence-corrected chi connectivity index (χ3v) is 5.14. The van der Waals surface area contributed by atoms with Gasteiger partial charge in [-0.15, -0.1) is 0 Å². The predicted molar refractivity (Wildman–Crippen MR) is 83.0 cm³/mol. The first-order valence-corrected chi connectivity index (χ1v) is 8.79. The van der Waals surface area contributed by atoms with Crippen molar-refractivity contribution in [2.45, 2.75) is 83.4 Å². The molecule has 1 aliphatic carbocycles. The summed E-state index contributed by atoms with van der Waals surface area (Å²) in [5.74, 6) is 0.276. The lowest BCUT2D eigenvalue weighted by Gasteiger charge is -2.43. The molecular formula is C17H31NO3. The van der Waals surface area contributed by atoms with E-state index in [9.17, 15) is 9.90 Å². The highest BCUT2D eigenvalue weighted by Crippen LogP contribution is 2.36. The number of piperidine rings is 1. The third kappa shape index (κ3) is 3.98. The molecule has 0 bridgehead atoms. The molecule has 21 heavy (non-hydrogen) atoms. The molecule has 4 atom stereocenters. The van der Waals surface area contributed by atoms with Crippen molar-refractivity contribution in [1.29, 1.82) is 0 Å². The lowest BCUT2D eigenvalue weighted by molar-refractivity contribution is -0.152. The van der Waals surface area contributed by atoms with E-state index in [0.29, 0.717) is 18.6 Å². The fraction of sp³-hybridized carbons (Fsp3) is 0.941. The van der Waals surface area contributed by atoms with Gasteiger partial charge in [0.2, 0.25) is 0 Å². The molecule has 4 heteroatoms. The van der Waals surface area contributed by atoms with Gasteiger partial charge < -0.3 is 9.84 Å². The number of ether oxygens (including phenoxy) is 1. The maximum absolute atomic E-state index is 12.3. The second kappa shape index (κ2) is 8.14. The maximum Gasteiger partial charge on any atom is 0.323 e. The number of hydrogen-bond acceptors (Lipinski definition) is 4. The highest BCUT2D eigenvalue weighted by molar-refractivity contribution is 5.75. The lowest BCUT2D eigenvalue weighted by Crippen LogP contribution is -2.54. The van der Waals surface area contributed by atoms with Gasteiger partial charge in [0.15, 0.2) is 0 Å². The van der Waals surface area contributed by atoms with Gasteiger partial charge in [-0.2, -0.15) is 0 Å². The van der Waals surface area contributed by atoms with E-state index in [0.717, 1.165) is 51.5 Å². The Morgan fingerprint density at radius 2 is 2.05 bits per heavy atom. The highest BCUT2D eigenvalue weighted by Gasteiger charge is 2.41. The maximum atomic E-state index is 12.3. The molecule has 0 spiro atoms. The number of nitrogens with zero attached hydrogens (tertiary/aromatic N) is 1. The average molecular weight is 297 g/mol. The number of carbonyl (C=O) groups is 1. The summed E-state index contributed by atoms with van der Waals surface area (Å²) in [6.07, 6.45) is 8.29. The molecule has 0 radical (unpaired) electrons. The van der Waals surface area contributed by atoms with E-state index in [1.54, 1.807) is 0 Å². The molecule has 4 nitrogen and oxygen atoms in total. The van der Waals surface area contributed by atoms with Crippen molar-refractivity contribution in [3.8, 4) is 0 Å². The fourth-order valence-electron chi connectivity index (χ4n) is 4.18. The third-order valence-electron chi connectivity index (χ3n) is 5.14. The first-order chi connectivity index (χ1) is 10.2. The molecule has 0 aromatic rings. The summed E-state index contributed by atoms with van der Waals surface area (Å²) in [5.41, 5.74) is 0. The van der Waals surface area contributed by atoms with Crippen molar-refractivity contribution < 1.29 is 14.6 Å². The molecule has 1 saturated carbocycles. The van der Waals surface area contributed by atoms with Crippen molar-refractivity contribution in [1.82, 2.24) is 4.90 Å². The van der Waals surface area contributed by atoms with Crippen LogP contribution in [0.2, 0.25) is 0 Å². The van der Waals surface area contributed by atoms with Gasteiger partial charge in [0.05, 0.1) is 12.7 Å². The summed E-state index contributed by atoms with van der Waals surface area (Å²) in [6.45, 7) is 5.41. The second-order valence-electron chi connectivity index (χ2n) is 6.52. The standard InChI is InChI=1S/C17H31NO3/c1-3-8-15(17(20)21-4-2)18-12-6-5-10-14(18)13-9-7-11-16(13)19/h13-16,19H,3-12H2,1-2H3. The molecule has 122 valence electrons. The molecule has 1 saturated heterocycles. The summed E-state index contributed by atoms with van der Waals surface area (Å²) >= 11 is 0. The summed E-state index contributed by atoms with van der Waals surface area (Å²) in [4.78, 5) is 14.7. The van der Waals surface area contributed by atoms with Crippen LogP contribution < -0.4 is 0 Å². The summed E-state index contributed by atoms with van der Waals surface area (Å²) < 4.78 is 5.30. The number of likely N-dealkylation sites (tertiary alicyclic amines) is 1. The van der Waals surface area contributed by atoms with Crippen LogP contribution in [0.25, 0.3) is 0 Å². The first-order valence-electron chi connectivity index (χ1n) is 8.79. The molecule has 4 unspecified atom stereocenters. The van der Waals surface area contributed by atoms with Gasteiger partial charge in [0.1, 0.15) is 6.04 Å². The SMILES string of the molecule is CCCC(C(=O)OCC)N1CCCCC1C1CCCC1O. The van der Waals surface area contributed by atoms with E-state index in [-0.39, 0.29) is 18.1 Å². The monoisotopic (exact) mass is 297 g/mol. The number of rotatable bonds is 6. The Kier molecular flexibility index (Phi) is 6.49. The van der Waals surface area contributed by atoms with E-state index in [1.165, 1.54) is 6.42 Å². The Labute approximate surface area is 128 Å². The molecule has 2 aliphatic rings. The molecule has 1 aliphatic heterocycles. The smallest absolute Gasteiger partial charge is 0.323 e. The van der Waals surface area contributed by atoms with E-state index in [1.807, 2.05) is 6.92 Å². The summed E-state index contributed by atoms with van der Waals surface area (Å²) in [7, 11) is 0. The number of hydrogen-bond donors (Lipinski definition) is 1. The first kappa shape index (κ1) is 16.8. The Bertz CT molecular complexity index is 334. The molecule has 0 aromatic carbocycles. The molecular weight excluding hydrogens is 266 g/mol. The van der Waals surface area contributed by atoms with Gasteiger partial charge in [-0.05, 0) is 45.6 Å². The Hall–Kier alpha value is -0.610. The quantitative estimate of drug-likeness (QED) is 0.766. The minimum atomic E-state index is -0.180. The van der Waals surface area contributed by atoms with Crippen LogP contribution in [0.5, 0.6) is 0 Å². The number of esters is 1. The zero-order chi connectivity index (χ0) is 15.2. The highest BCUT2D eigenvalue weighted by atomic mass is 16.5. The largest absolute Gasteiger partial charge is 0.465 e. The number of aliphatic hydroxyl groups excluding tert-OH is 1. The molecule has 2 fully saturated rings. The van der Waals surface area contributed by atoms with Gasteiger partial charge in [-0.3, -0.25) is 9.69 Å². The van der Waals surface area contributed by atoms with E-state index >= 15 is 0 Å². The van der Waals surface area contributed by atoms with Crippen molar-refractivity contribution in [2.75, 3.05) is 13.2 Å². The topological polar surface area (TPSA) is 49.8 Å². The molecule has 2 rings (SSSR count). The van der Waals surface area contributed by atoms with Gasteiger partial charge in [-0.1, -0.05) is 26.2 Å². The van der Waals surface area contributed by atoms with Crippen molar-refractivity contribution in [2.24, 2.45) is 5.92 Å². The second-order valence-corrected chi connectivity index (χ2v) is 6.52. The Morgan fingerprint density at radius 1 is 1.24 bits per heavy atom. The molecule has 1 heterocycles. The van der Waals surface area contributed by atoms with Crippen molar-refractivity contribution in [3.05, 3.63) is 0 Å². The lowest BCUT2D eigenvalue weighted by atomic mass is 9.86. The van der Waals surface area contributed by atoms with Crippen LogP contribution in [0.15, 0.2) is 0 Å². The van der Waals surface area contributed by atoms with Crippen LogP contribution in [0.1, 0.15) is 65.2 Å². The van der Waals surface area contributed by atoms with Gasteiger partial charge in [-0.25, -0.2) is 0 Å². The van der Waals surface area contributed by atoms with Crippen molar-refractivity contribution >= 4 is 5.97 Å².